The van der Waals surface area contributed by atoms with Crippen molar-refractivity contribution in [1.82, 2.24) is 20.9 Å². The van der Waals surface area contributed by atoms with E-state index in [4.69, 9.17) is 22.7 Å². The van der Waals surface area contributed by atoms with Gasteiger partial charge in [0, 0.05) is 32.0 Å². The van der Waals surface area contributed by atoms with Gasteiger partial charge in [-0.05, 0) is 50.5 Å². The lowest BCUT2D eigenvalue weighted by atomic mass is 9.96. The van der Waals surface area contributed by atoms with Gasteiger partial charge in [0.25, 0.3) is 5.91 Å². The first-order chi connectivity index (χ1) is 23.0. The van der Waals surface area contributed by atoms with Crippen LogP contribution in [0, 0.1) is 11.3 Å². The number of aliphatic imine (C=N–C) groups is 1. The Morgan fingerprint density at radius 1 is 1.00 bits per heavy atom. The molecule has 1 aromatic carbocycles. The Kier molecular flexibility index (Phi) is 17.3. The molecule has 16 nitrogen and oxygen atoms in total. The number of rotatable bonds is 20. The number of carbonyl (C=O) groups excluding carboxylic acids is 5. The molecule has 0 radical (unpaired) electrons. The van der Waals surface area contributed by atoms with Crippen LogP contribution in [-0.4, -0.2) is 83.9 Å². The van der Waals surface area contributed by atoms with Crippen molar-refractivity contribution in [1.29, 1.82) is 5.41 Å². The zero-order valence-electron chi connectivity index (χ0n) is 28.0. The number of nitrogens with zero attached hydrogens (tertiary/aromatic N) is 4. The van der Waals surface area contributed by atoms with Gasteiger partial charge >= 0.3 is 0 Å². The molecule has 1 heterocycles. The fourth-order valence-electron chi connectivity index (χ4n) is 5.65. The van der Waals surface area contributed by atoms with Crippen LogP contribution in [0.15, 0.2) is 45.7 Å². The molecule has 1 aromatic rings. The van der Waals surface area contributed by atoms with Gasteiger partial charge in [-0.25, -0.2) is 0 Å². The molecule has 1 unspecified atom stereocenters. The molecule has 16 heteroatoms. The molecule has 48 heavy (non-hydrogen) atoms. The second-order valence-corrected chi connectivity index (χ2v) is 11.8. The van der Waals surface area contributed by atoms with Crippen molar-refractivity contribution in [2.24, 2.45) is 38.6 Å². The number of benzene rings is 1. The predicted molar refractivity (Wildman–Crippen MR) is 181 cm³/mol. The summed E-state index contributed by atoms with van der Waals surface area (Å²) in [4.78, 5) is 72.1. The minimum absolute atomic E-state index is 0.0737. The van der Waals surface area contributed by atoms with Gasteiger partial charge in [-0.3, -0.25) is 34.4 Å². The summed E-state index contributed by atoms with van der Waals surface area (Å²) in [7, 11) is 0. The maximum atomic E-state index is 13.9. The Morgan fingerprint density at radius 3 is 2.31 bits per heavy atom. The molecule has 1 fully saturated rings. The first kappa shape index (κ1) is 39.3. The average molecular weight is 670 g/mol. The number of guanidine groups is 1. The van der Waals surface area contributed by atoms with Crippen molar-refractivity contribution in [3.8, 4) is 0 Å². The summed E-state index contributed by atoms with van der Waals surface area (Å²) < 4.78 is 0. The van der Waals surface area contributed by atoms with Crippen molar-refractivity contribution in [3.05, 3.63) is 35.9 Å². The number of hydrogen-bond donors (Lipinski definition) is 7. The van der Waals surface area contributed by atoms with Gasteiger partial charge in [0.15, 0.2) is 5.96 Å². The Morgan fingerprint density at radius 2 is 1.69 bits per heavy atom. The molecule has 1 aliphatic rings. The van der Waals surface area contributed by atoms with E-state index in [9.17, 15) is 24.0 Å². The van der Waals surface area contributed by atoms with Gasteiger partial charge in [0.1, 0.15) is 17.9 Å². The molecule has 0 aliphatic carbocycles. The van der Waals surface area contributed by atoms with E-state index >= 15 is 0 Å². The highest BCUT2D eigenvalue weighted by Gasteiger charge is 2.40. The maximum absolute atomic E-state index is 13.9. The van der Waals surface area contributed by atoms with Crippen LogP contribution in [-0.2, 0) is 30.4 Å². The number of carbonyl (C=O) groups is 5. The third-order valence-corrected chi connectivity index (χ3v) is 8.02. The molecule has 10 N–H and O–H groups in total. The van der Waals surface area contributed by atoms with E-state index in [2.05, 4.69) is 31.3 Å². The number of nitrogens with one attached hydrogen (secondary N) is 4. The smallest absolute Gasteiger partial charge is 0.289 e. The van der Waals surface area contributed by atoms with Crippen LogP contribution in [0.25, 0.3) is 0 Å². The summed E-state index contributed by atoms with van der Waals surface area (Å²) in [5, 5.41) is 22.8. The molecule has 264 valence electrons. The highest BCUT2D eigenvalue weighted by molar-refractivity contribution is 6.38. The predicted octanol–water partition coefficient (Wildman–Crippen LogP) is 0.838. The Hall–Kier alpha value is -4.89. The molecule has 0 spiro atoms. The maximum Gasteiger partial charge on any atom is 0.289 e. The quantitative estimate of drug-likeness (QED) is 0.0198. The first-order valence-corrected chi connectivity index (χ1v) is 16.5. The number of Topliss-reactive ketones (excluding diaryl/α,β-unsaturated/α-hetero) is 1. The van der Waals surface area contributed by atoms with E-state index in [1.165, 1.54) is 4.90 Å². The molecule has 1 aliphatic heterocycles. The standard InChI is InChI=1S/C32H51N11O5/c1-3-10-22(11-4-2)28(45)40-24(20-26(33)41-42-36)31(48)43-19-9-15-25(43)29(46)39-23(14-8-17-38-32(34)35)27(44)30(47)37-18-16-21-12-6-5-7-13-21/h5-7,12-13,22-25H,3-4,8-11,14-20H2,1-2H3,(H,37,47)(H,39,46)(H,40,45)(H3,33,36,41)(H4,34,35,38)/t23-,24-,25?/m0/s1. The zero-order chi connectivity index (χ0) is 35.5. The average Bonchev–Trinajstić information content (AvgIpc) is 3.56. The third kappa shape index (κ3) is 13.1. The van der Waals surface area contributed by atoms with Gasteiger partial charge in [-0.2, -0.15) is 0 Å². The number of nitrogens with two attached hydrogens (primary N) is 3. The normalized spacial score (nSPS) is 15.5. The summed E-state index contributed by atoms with van der Waals surface area (Å²) in [6, 6.07) is 6.10. The van der Waals surface area contributed by atoms with Crippen molar-refractivity contribution < 1.29 is 24.0 Å². The van der Waals surface area contributed by atoms with Crippen LogP contribution in [0.3, 0.4) is 0 Å². The van der Waals surface area contributed by atoms with Gasteiger partial charge in [-0.15, -0.1) is 5.11 Å². The second kappa shape index (κ2) is 21.1. The van der Waals surface area contributed by atoms with Crippen molar-refractivity contribution >= 4 is 41.2 Å². The fraction of sp³-hybridized carbons (Fsp3) is 0.594. The first-order valence-electron chi connectivity index (χ1n) is 16.5. The van der Waals surface area contributed by atoms with E-state index in [0.29, 0.717) is 38.5 Å². The van der Waals surface area contributed by atoms with Crippen molar-refractivity contribution in [3.63, 3.8) is 0 Å². The van der Waals surface area contributed by atoms with E-state index in [0.717, 1.165) is 18.4 Å². The summed E-state index contributed by atoms with van der Waals surface area (Å²) in [6.45, 7) is 4.55. The minimum atomic E-state index is -1.20. The lowest BCUT2D eigenvalue weighted by Crippen LogP contribution is -2.57. The molecule has 1 saturated heterocycles. The van der Waals surface area contributed by atoms with Crippen LogP contribution >= 0.6 is 0 Å². The van der Waals surface area contributed by atoms with Crippen LogP contribution in [0.5, 0.6) is 0 Å². The molecule has 0 bridgehead atoms. The molecule has 4 amide bonds. The van der Waals surface area contributed by atoms with E-state index < -0.39 is 41.6 Å². The number of amidine groups is 1. The molecular weight excluding hydrogens is 618 g/mol. The number of ketones is 1. The third-order valence-electron chi connectivity index (χ3n) is 8.02. The van der Waals surface area contributed by atoms with Crippen LogP contribution in [0.1, 0.15) is 77.2 Å². The van der Waals surface area contributed by atoms with Gasteiger partial charge in [0.2, 0.25) is 23.5 Å². The Bertz CT molecular complexity index is 1290. The van der Waals surface area contributed by atoms with E-state index in [-0.39, 0.29) is 56.1 Å². The summed E-state index contributed by atoms with van der Waals surface area (Å²) in [6.07, 6.45) is 4.20. The molecular formula is C32H51N11O5. The highest BCUT2D eigenvalue weighted by atomic mass is 16.2. The lowest BCUT2D eigenvalue weighted by Gasteiger charge is -2.30. The summed E-state index contributed by atoms with van der Waals surface area (Å²) in [5.74, 6) is 1.16. The van der Waals surface area contributed by atoms with Crippen LogP contribution < -0.4 is 33.3 Å². The van der Waals surface area contributed by atoms with Crippen molar-refractivity contribution in [2.75, 3.05) is 19.6 Å². The zero-order valence-corrected chi connectivity index (χ0v) is 28.0. The van der Waals surface area contributed by atoms with Gasteiger partial charge in [-0.1, -0.05) is 62.2 Å². The largest absolute Gasteiger partial charge is 0.370 e. The molecule has 0 aromatic heterocycles. The second-order valence-electron chi connectivity index (χ2n) is 11.8. The van der Waals surface area contributed by atoms with Crippen LogP contribution in [0.2, 0.25) is 0 Å². The Labute approximate surface area is 281 Å². The van der Waals surface area contributed by atoms with Crippen molar-refractivity contribution in [2.45, 2.75) is 96.2 Å². The Balaban J connectivity index is 2.20. The number of likely N-dealkylation sites (tertiary alicyclic amines) is 1. The lowest BCUT2D eigenvalue weighted by molar-refractivity contribution is -0.143. The number of amides is 4. The molecule has 0 saturated carbocycles. The molecule has 3 atom stereocenters. The number of hydrogen-bond acceptors (Lipinski definition) is 8. The van der Waals surface area contributed by atoms with Gasteiger partial charge < -0.3 is 38.2 Å². The van der Waals surface area contributed by atoms with Gasteiger partial charge in [0.05, 0.1) is 6.04 Å². The summed E-state index contributed by atoms with van der Waals surface area (Å²) in [5.41, 5.74) is 11.8. The SMILES string of the molecule is CCCC(CCC)C(=O)N[C@@H](CC(=N)N=NN)C(=O)N1CCCC1C(=O)N[C@@H](CCCN=C(N)N)C(=O)C(=O)NCCc1ccccc1. The topological polar surface area (TPSA) is 264 Å². The van der Waals surface area contributed by atoms with E-state index in [1.54, 1.807) is 0 Å². The fourth-order valence-corrected chi connectivity index (χ4v) is 5.65. The summed E-state index contributed by atoms with van der Waals surface area (Å²) >= 11 is 0. The molecule has 2 rings (SSSR count). The van der Waals surface area contributed by atoms with Crippen LogP contribution in [0.4, 0.5) is 0 Å². The minimum Gasteiger partial charge on any atom is -0.370 e. The highest BCUT2D eigenvalue weighted by Crippen LogP contribution is 2.21. The van der Waals surface area contributed by atoms with E-state index in [1.807, 2.05) is 44.2 Å². The monoisotopic (exact) mass is 669 g/mol.